The summed E-state index contributed by atoms with van der Waals surface area (Å²) in [5.74, 6) is 0.627. The summed E-state index contributed by atoms with van der Waals surface area (Å²) in [6.07, 6.45) is 2.49. The first kappa shape index (κ1) is 9.72. The molecule has 0 saturated carbocycles. The highest BCUT2D eigenvalue weighted by Crippen LogP contribution is 2.26. The van der Waals surface area contributed by atoms with Gasteiger partial charge in [-0.05, 0) is 32.3 Å². The summed E-state index contributed by atoms with van der Waals surface area (Å²) in [4.78, 5) is 0. The lowest BCUT2D eigenvalue weighted by molar-refractivity contribution is 0.0804. The number of hydrogen-bond donors (Lipinski definition) is 0. The first-order chi connectivity index (χ1) is 6.75. The van der Waals surface area contributed by atoms with Crippen molar-refractivity contribution in [2.45, 2.75) is 32.6 Å². The molecule has 1 aromatic rings. The summed E-state index contributed by atoms with van der Waals surface area (Å²) in [5.41, 5.74) is 4.19. The highest BCUT2D eigenvalue weighted by molar-refractivity contribution is 5.31. The normalized spacial score (nSPS) is 22.3. The van der Waals surface area contributed by atoms with E-state index in [9.17, 15) is 0 Å². The monoisotopic (exact) mass is 190 g/mol. The Labute approximate surface area is 86.1 Å². The molecule has 0 spiro atoms. The fourth-order valence-electron chi connectivity index (χ4n) is 2.25. The summed E-state index contributed by atoms with van der Waals surface area (Å²) in [6, 6.07) is 6.83. The first-order valence-electron chi connectivity index (χ1n) is 5.41. The molecule has 0 N–H and O–H groups in total. The standard InChI is InChI=1S/C13H18O/c1-10-6-11(2)8-13(7-10)12-4-3-5-14-9-12/h6-8,12H,3-5,9H2,1-2H3. The highest BCUT2D eigenvalue weighted by Gasteiger charge is 2.16. The fraction of sp³-hybridized carbons (Fsp3) is 0.538. The Kier molecular flexibility index (Phi) is 2.87. The van der Waals surface area contributed by atoms with Gasteiger partial charge in [-0.2, -0.15) is 0 Å². The first-order valence-corrected chi connectivity index (χ1v) is 5.41. The van der Waals surface area contributed by atoms with E-state index in [0.717, 1.165) is 13.2 Å². The molecule has 76 valence electrons. The molecule has 2 rings (SSSR count). The largest absolute Gasteiger partial charge is 0.381 e. The number of rotatable bonds is 1. The lowest BCUT2D eigenvalue weighted by atomic mass is 9.91. The number of hydrogen-bond acceptors (Lipinski definition) is 1. The van der Waals surface area contributed by atoms with E-state index in [4.69, 9.17) is 4.74 Å². The van der Waals surface area contributed by atoms with Gasteiger partial charge in [-0.1, -0.05) is 29.3 Å². The zero-order valence-corrected chi connectivity index (χ0v) is 9.05. The zero-order valence-electron chi connectivity index (χ0n) is 9.05. The molecule has 0 aliphatic carbocycles. The van der Waals surface area contributed by atoms with Crippen molar-refractivity contribution in [1.29, 1.82) is 0 Å². The van der Waals surface area contributed by atoms with Gasteiger partial charge in [0.2, 0.25) is 0 Å². The molecule has 1 saturated heterocycles. The average Bonchev–Trinajstić information content (AvgIpc) is 2.18. The minimum absolute atomic E-state index is 0.627. The zero-order chi connectivity index (χ0) is 9.97. The van der Waals surface area contributed by atoms with Crippen LogP contribution in [0.15, 0.2) is 18.2 Å². The number of aryl methyl sites for hydroxylation is 2. The van der Waals surface area contributed by atoms with Crippen molar-refractivity contribution < 1.29 is 4.74 Å². The molecular formula is C13H18O. The van der Waals surface area contributed by atoms with Crippen molar-refractivity contribution in [2.75, 3.05) is 13.2 Å². The Hall–Kier alpha value is -0.820. The maximum absolute atomic E-state index is 5.52. The van der Waals surface area contributed by atoms with Gasteiger partial charge in [0, 0.05) is 12.5 Å². The quantitative estimate of drug-likeness (QED) is 0.660. The molecule has 1 aromatic carbocycles. The minimum Gasteiger partial charge on any atom is -0.381 e. The van der Waals surface area contributed by atoms with Crippen LogP contribution in [-0.4, -0.2) is 13.2 Å². The summed E-state index contributed by atoms with van der Waals surface area (Å²) >= 11 is 0. The maximum atomic E-state index is 5.52. The Balaban J connectivity index is 2.21. The van der Waals surface area contributed by atoms with Crippen molar-refractivity contribution in [2.24, 2.45) is 0 Å². The topological polar surface area (TPSA) is 9.23 Å². The molecule has 1 nitrogen and oxygen atoms in total. The minimum atomic E-state index is 0.627. The third-order valence-corrected chi connectivity index (χ3v) is 2.88. The summed E-state index contributed by atoms with van der Waals surface area (Å²) in [6.45, 7) is 6.19. The van der Waals surface area contributed by atoms with Gasteiger partial charge in [0.15, 0.2) is 0 Å². The molecule has 1 atom stereocenters. The number of benzene rings is 1. The molecule has 0 radical (unpaired) electrons. The van der Waals surface area contributed by atoms with E-state index in [1.54, 1.807) is 0 Å². The molecule has 0 bridgehead atoms. The van der Waals surface area contributed by atoms with E-state index in [0.29, 0.717) is 5.92 Å². The Morgan fingerprint density at radius 1 is 1.14 bits per heavy atom. The highest BCUT2D eigenvalue weighted by atomic mass is 16.5. The molecule has 0 aromatic heterocycles. The van der Waals surface area contributed by atoms with Crippen LogP contribution in [0.3, 0.4) is 0 Å². The predicted octanol–water partition coefficient (Wildman–Crippen LogP) is 3.20. The Bertz CT molecular complexity index is 291. The van der Waals surface area contributed by atoms with Crippen LogP contribution in [0.4, 0.5) is 0 Å². The number of ether oxygens (including phenoxy) is 1. The van der Waals surface area contributed by atoms with Crippen LogP contribution in [0.1, 0.15) is 35.4 Å². The molecular weight excluding hydrogens is 172 g/mol. The van der Waals surface area contributed by atoms with Crippen molar-refractivity contribution in [3.8, 4) is 0 Å². The molecule has 1 fully saturated rings. The SMILES string of the molecule is Cc1cc(C)cc(C2CCCOC2)c1. The van der Waals surface area contributed by atoms with E-state index in [1.165, 1.54) is 29.5 Å². The van der Waals surface area contributed by atoms with Crippen LogP contribution in [-0.2, 0) is 4.74 Å². The van der Waals surface area contributed by atoms with Gasteiger partial charge >= 0.3 is 0 Å². The molecule has 1 unspecified atom stereocenters. The van der Waals surface area contributed by atoms with Gasteiger partial charge in [0.05, 0.1) is 6.61 Å². The second-order valence-corrected chi connectivity index (χ2v) is 4.34. The van der Waals surface area contributed by atoms with E-state index >= 15 is 0 Å². The van der Waals surface area contributed by atoms with E-state index < -0.39 is 0 Å². The van der Waals surface area contributed by atoms with Crippen molar-refractivity contribution in [1.82, 2.24) is 0 Å². The third-order valence-electron chi connectivity index (χ3n) is 2.88. The van der Waals surface area contributed by atoms with Crippen LogP contribution in [0, 0.1) is 13.8 Å². The van der Waals surface area contributed by atoms with Gasteiger partial charge in [0.1, 0.15) is 0 Å². The predicted molar refractivity (Wildman–Crippen MR) is 58.7 cm³/mol. The van der Waals surface area contributed by atoms with Gasteiger partial charge < -0.3 is 4.74 Å². The summed E-state index contributed by atoms with van der Waals surface area (Å²) < 4.78 is 5.52. The smallest absolute Gasteiger partial charge is 0.0534 e. The van der Waals surface area contributed by atoms with Crippen LogP contribution in [0.5, 0.6) is 0 Å². The van der Waals surface area contributed by atoms with E-state index in [2.05, 4.69) is 32.0 Å². The second kappa shape index (κ2) is 4.14. The van der Waals surface area contributed by atoms with Crippen LogP contribution < -0.4 is 0 Å². The molecule has 1 aliphatic heterocycles. The molecule has 1 aliphatic rings. The van der Waals surface area contributed by atoms with Gasteiger partial charge in [-0.25, -0.2) is 0 Å². The molecule has 14 heavy (non-hydrogen) atoms. The van der Waals surface area contributed by atoms with Crippen molar-refractivity contribution >= 4 is 0 Å². The molecule has 1 heteroatoms. The van der Waals surface area contributed by atoms with Crippen LogP contribution in [0.25, 0.3) is 0 Å². The van der Waals surface area contributed by atoms with Crippen molar-refractivity contribution in [3.05, 3.63) is 34.9 Å². The molecule has 0 amide bonds. The second-order valence-electron chi connectivity index (χ2n) is 4.34. The van der Waals surface area contributed by atoms with Gasteiger partial charge in [0.25, 0.3) is 0 Å². The average molecular weight is 190 g/mol. The van der Waals surface area contributed by atoms with Crippen LogP contribution in [0.2, 0.25) is 0 Å². The van der Waals surface area contributed by atoms with E-state index in [-0.39, 0.29) is 0 Å². The summed E-state index contributed by atoms with van der Waals surface area (Å²) in [7, 11) is 0. The van der Waals surface area contributed by atoms with Crippen molar-refractivity contribution in [3.63, 3.8) is 0 Å². The van der Waals surface area contributed by atoms with Gasteiger partial charge in [-0.3, -0.25) is 0 Å². The lowest BCUT2D eigenvalue weighted by Gasteiger charge is -2.23. The van der Waals surface area contributed by atoms with Crippen LogP contribution >= 0.6 is 0 Å². The molecule has 1 heterocycles. The fourth-order valence-corrected chi connectivity index (χ4v) is 2.25. The Morgan fingerprint density at radius 3 is 2.43 bits per heavy atom. The van der Waals surface area contributed by atoms with Gasteiger partial charge in [-0.15, -0.1) is 0 Å². The summed E-state index contributed by atoms with van der Waals surface area (Å²) in [5, 5.41) is 0. The lowest BCUT2D eigenvalue weighted by Crippen LogP contribution is -2.15. The third kappa shape index (κ3) is 2.16. The van der Waals surface area contributed by atoms with E-state index in [1.807, 2.05) is 0 Å². The maximum Gasteiger partial charge on any atom is 0.0534 e. The Morgan fingerprint density at radius 2 is 1.86 bits per heavy atom.